The molecule has 1 saturated heterocycles. The van der Waals surface area contributed by atoms with E-state index in [0.29, 0.717) is 6.42 Å². The van der Waals surface area contributed by atoms with E-state index in [4.69, 9.17) is 4.74 Å². The quantitative estimate of drug-likeness (QED) is 0.376. The number of ether oxygens (including phenoxy) is 2. The van der Waals surface area contributed by atoms with E-state index >= 15 is 0 Å². The Labute approximate surface area is 159 Å². The number of halogens is 2. The average molecular weight is 420 g/mol. The molecule has 154 valence electrons. The highest BCUT2D eigenvalue weighted by molar-refractivity contribution is 7.91. The Morgan fingerprint density at radius 1 is 1.39 bits per heavy atom. The smallest absolute Gasteiger partial charge is 0.387 e. The normalized spacial score (nSPS) is 18.4. The topological polar surface area (TPSA) is 116 Å². The van der Waals surface area contributed by atoms with Gasteiger partial charge < -0.3 is 14.4 Å². The van der Waals surface area contributed by atoms with Crippen LogP contribution >= 0.6 is 0 Å². The zero-order chi connectivity index (χ0) is 21.1. The molecule has 1 amide bonds. The van der Waals surface area contributed by atoms with Crippen molar-refractivity contribution in [2.75, 3.05) is 25.7 Å². The number of nitrogens with zero attached hydrogens (tertiary/aromatic N) is 2. The first-order chi connectivity index (χ1) is 13.0. The maximum Gasteiger partial charge on any atom is 0.387 e. The largest absolute Gasteiger partial charge is 0.493 e. The van der Waals surface area contributed by atoms with E-state index in [0.717, 1.165) is 24.3 Å². The first-order valence-electron chi connectivity index (χ1n) is 8.00. The Morgan fingerprint density at radius 3 is 2.57 bits per heavy atom. The second-order valence-corrected chi connectivity index (χ2v) is 8.27. The minimum Gasteiger partial charge on any atom is -0.493 e. The van der Waals surface area contributed by atoms with Gasteiger partial charge in [0.25, 0.3) is 5.69 Å². The molecule has 1 fully saturated rings. The van der Waals surface area contributed by atoms with Crippen LogP contribution in [0.25, 0.3) is 6.08 Å². The molecule has 1 unspecified atom stereocenters. The van der Waals surface area contributed by atoms with Gasteiger partial charge in [0.2, 0.25) is 5.91 Å². The van der Waals surface area contributed by atoms with Crippen molar-refractivity contribution in [2.45, 2.75) is 19.1 Å². The van der Waals surface area contributed by atoms with E-state index in [9.17, 15) is 32.1 Å². The van der Waals surface area contributed by atoms with Crippen molar-refractivity contribution in [1.29, 1.82) is 0 Å². The number of benzene rings is 1. The molecule has 0 N–H and O–H groups in total. The van der Waals surface area contributed by atoms with Crippen LogP contribution < -0.4 is 9.47 Å². The van der Waals surface area contributed by atoms with Crippen molar-refractivity contribution in [2.24, 2.45) is 0 Å². The fourth-order valence-corrected chi connectivity index (χ4v) is 4.52. The molecule has 1 aliphatic heterocycles. The Kier molecular flexibility index (Phi) is 6.54. The standard InChI is InChI=1S/C16H18F2N2O7S/c1-19(11-5-6-28(24,25)9-11)15(21)4-3-10-7-13(26-2)14(27-16(17)18)8-12(10)20(22)23/h3-4,7-8,11,16H,5-6,9H2,1-2H3. The van der Waals surface area contributed by atoms with Crippen molar-refractivity contribution in [3.63, 3.8) is 0 Å². The Morgan fingerprint density at radius 2 is 2.07 bits per heavy atom. The molecule has 9 nitrogen and oxygen atoms in total. The first kappa shape index (κ1) is 21.5. The number of carbonyl (C=O) groups excluding carboxylic acids is 1. The second kappa shape index (κ2) is 8.50. The fraction of sp³-hybridized carbons (Fsp3) is 0.438. The van der Waals surface area contributed by atoms with Crippen molar-refractivity contribution in [3.05, 3.63) is 33.9 Å². The molecule has 0 saturated carbocycles. The van der Waals surface area contributed by atoms with Gasteiger partial charge in [-0.25, -0.2) is 8.42 Å². The van der Waals surface area contributed by atoms with Gasteiger partial charge in [0.15, 0.2) is 21.3 Å². The molecule has 0 spiro atoms. The van der Waals surface area contributed by atoms with Crippen LogP contribution in [-0.2, 0) is 14.6 Å². The molecule has 2 rings (SSSR count). The van der Waals surface area contributed by atoms with Crippen molar-refractivity contribution >= 4 is 27.5 Å². The van der Waals surface area contributed by atoms with Gasteiger partial charge in [-0.3, -0.25) is 14.9 Å². The first-order valence-corrected chi connectivity index (χ1v) is 9.82. The highest BCUT2D eigenvalue weighted by Gasteiger charge is 2.32. The van der Waals surface area contributed by atoms with Crippen molar-refractivity contribution in [3.8, 4) is 11.5 Å². The number of hydrogen-bond donors (Lipinski definition) is 0. The van der Waals surface area contributed by atoms with Crippen molar-refractivity contribution in [1.82, 2.24) is 4.90 Å². The number of sulfone groups is 1. The van der Waals surface area contributed by atoms with Crippen LogP contribution in [0.1, 0.15) is 12.0 Å². The lowest BCUT2D eigenvalue weighted by molar-refractivity contribution is -0.385. The fourth-order valence-electron chi connectivity index (χ4n) is 2.74. The van der Waals surface area contributed by atoms with E-state index in [-0.39, 0.29) is 22.8 Å². The van der Waals surface area contributed by atoms with Gasteiger partial charge in [-0.15, -0.1) is 0 Å². The van der Waals surface area contributed by atoms with Gasteiger partial charge in [-0.05, 0) is 18.6 Å². The second-order valence-electron chi connectivity index (χ2n) is 6.04. The summed E-state index contributed by atoms with van der Waals surface area (Å²) in [6, 6.07) is 1.40. The summed E-state index contributed by atoms with van der Waals surface area (Å²) in [7, 11) is -0.572. The SMILES string of the molecule is COc1cc(C=CC(=O)N(C)C2CCS(=O)(=O)C2)c([N+](=O)[O-])cc1OC(F)F. The molecule has 0 aromatic heterocycles. The average Bonchev–Trinajstić information content (AvgIpc) is 2.98. The lowest BCUT2D eigenvalue weighted by Crippen LogP contribution is -2.36. The third kappa shape index (κ3) is 5.15. The summed E-state index contributed by atoms with van der Waals surface area (Å²) in [4.78, 5) is 24.0. The maximum atomic E-state index is 12.5. The number of rotatable bonds is 7. The number of likely N-dealkylation sites (N-methyl/N-ethyl adjacent to an activating group) is 1. The van der Waals surface area contributed by atoms with Crippen LogP contribution in [0.15, 0.2) is 18.2 Å². The van der Waals surface area contributed by atoms with Gasteiger partial charge in [-0.2, -0.15) is 8.78 Å². The van der Waals surface area contributed by atoms with Crippen LogP contribution in [0.2, 0.25) is 0 Å². The van der Waals surface area contributed by atoms with Crippen LogP contribution in [0, 0.1) is 10.1 Å². The van der Waals surface area contributed by atoms with Gasteiger partial charge in [0.05, 0.1) is 35.2 Å². The summed E-state index contributed by atoms with van der Waals surface area (Å²) < 4.78 is 57.1. The van der Waals surface area contributed by atoms with Gasteiger partial charge in [0, 0.05) is 19.2 Å². The third-order valence-electron chi connectivity index (χ3n) is 4.23. The molecule has 0 bridgehead atoms. The molecule has 1 aromatic rings. The molecule has 1 aromatic carbocycles. The molecule has 1 heterocycles. The zero-order valence-electron chi connectivity index (χ0n) is 15.0. The van der Waals surface area contributed by atoms with Gasteiger partial charge >= 0.3 is 6.61 Å². The molecule has 0 radical (unpaired) electrons. The van der Waals surface area contributed by atoms with Crippen LogP contribution in [-0.4, -0.2) is 62.5 Å². The minimum atomic E-state index is -3.20. The van der Waals surface area contributed by atoms with E-state index in [1.807, 2.05) is 0 Å². The Hall–Kier alpha value is -2.76. The van der Waals surface area contributed by atoms with Gasteiger partial charge in [-0.1, -0.05) is 0 Å². The summed E-state index contributed by atoms with van der Waals surface area (Å²) >= 11 is 0. The summed E-state index contributed by atoms with van der Waals surface area (Å²) in [5, 5.41) is 11.2. The monoisotopic (exact) mass is 420 g/mol. The lowest BCUT2D eigenvalue weighted by Gasteiger charge is -2.21. The van der Waals surface area contributed by atoms with E-state index in [1.54, 1.807) is 0 Å². The lowest BCUT2D eigenvalue weighted by atomic mass is 10.1. The Balaban J connectivity index is 2.28. The van der Waals surface area contributed by atoms with E-state index < -0.39 is 44.8 Å². The number of methoxy groups -OCH3 is 1. The summed E-state index contributed by atoms with van der Waals surface area (Å²) in [5.74, 6) is -1.39. The van der Waals surface area contributed by atoms with Gasteiger partial charge in [0.1, 0.15) is 0 Å². The molecular weight excluding hydrogens is 402 g/mol. The number of nitro benzene ring substituents is 1. The Bertz CT molecular complexity index is 902. The highest BCUT2D eigenvalue weighted by atomic mass is 32.2. The zero-order valence-corrected chi connectivity index (χ0v) is 15.8. The van der Waals surface area contributed by atoms with E-state index in [1.165, 1.54) is 19.1 Å². The van der Waals surface area contributed by atoms with E-state index in [2.05, 4.69) is 4.74 Å². The molecule has 12 heteroatoms. The maximum absolute atomic E-state index is 12.5. The number of hydrogen-bond acceptors (Lipinski definition) is 7. The number of nitro groups is 1. The summed E-state index contributed by atoms with van der Waals surface area (Å²) in [6.07, 6.45) is 2.49. The molecule has 28 heavy (non-hydrogen) atoms. The van der Waals surface area contributed by atoms with Crippen molar-refractivity contribution < 1.29 is 36.4 Å². The van der Waals surface area contributed by atoms with Crippen LogP contribution in [0.3, 0.4) is 0 Å². The predicted molar refractivity (Wildman–Crippen MR) is 95.1 cm³/mol. The molecular formula is C16H18F2N2O7S. The molecule has 1 aliphatic rings. The number of alkyl halides is 2. The summed E-state index contributed by atoms with van der Waals surface area (Å²) in [6.45, 7) is -3.20. The molecule has 1 atom stereocenters. The molecule has 0 aliphatic carbocycles. The summed E-state index contributed by atoms with van der Waals surface area (Å²) in [5.41, 5.74) is -0.629. The predicted octanol–water partition coefficient (Wildman–Crippen LogP) is 1.86. The number of amides is 1. The highest BCUT2D eigenvalue weighted by Crippen LogP contribution is 2.36. The third-order valence-corrected chi connectivity index (χ3v) is 5.99. The van der Waals surface area contributed by atoms with Crippen LogP contribution in [0.5, 0.6) is 11.5 Å². The number of carbonyl (C=O) groups is 1. The minimum absolute atomic E-state index is 0.00668. The van der Waals surface area contributed by atoms with Crippen LogP contribution in [0.4, 0.5) is 14.5 Å².